The van der Waals surface area contributed by atoms with Crippen molar-refractivity contribution in [1.29, 1.82) is 0 Å². The number of nitrogens with zero attached hydrogens (tertiary/aromatic N) is 2. The van der Waals surface area contributed by atoms with Crippen molar-refractivity contribution < 1.29 is 24.5 Å². The molecule has 5 rings (SSSR count). The summed E-state index contributed by atoms with van der Waals surface area (Å²) >= 11 is 0. The van der Waals surface area contributed by atoms with Crippen LogP contribution in [-0.2, 0) is 14.3 Å². The summed E-state index contributed by atoms with van der Waals surface area (Å²) in [6.07, 6.45) is 1.33. The quantitative estimate of drug-likeness (QED) is 0.356. The van der Waals surface area contributed by atoms with Gasteiger partial charge in [0.1, 0.15) is 11.5 Å². The van der Waals surface area contributed by atoms with E-state index < -0.39 is 11.8 Å². The number of aromatic hydroxyl groups is 2. The summed E-state index contributed by atoms with van der Waals surface area (Å²) in [5, 5.41) is 23.6. The average Bonchev–Trinajstić information content (AvgIpc) is 2.91. The number of hydrazone groups is 1. The maximum Gasteiger partial charge on any atom is 0.244 e. The van der Waals surface area contributed by atoms with Crippen LogP contribution in [0.4, 0.5) is 0 Å². The van der Waals surface area contributed by atoms with Gasteiger partial charge in [0.05, 0.1) is 31.3 Å². The van der Waals surface area contributed by atoms with Crippen molar-refractivity contribution in [2.45, 2.75) is 11.8 Å². The van der Waals surface area contributed by atoms with Crippen molar-refractivity contribution >= 4 is 18.0 Å². The van der Waals surface area contributed by atoms with Crippen molar-refractivity contribution in [3.63, 3.8) is 0 Å². The van der Waals surface area contributed by atoms with Crippen LogP contribution in [0.25, 0.3) is 0 Å². The van der Waals surface area contributed by atoms with Gasteiger partial charge in [-0.3, -0.25) is 9.59 Å². The lowest BCUT2D eigenvalue weighted by atomic mass is 9.51. The lowest BCUT2D eigenvalue weighted by molar-refractivity contribution is -0.151. The smallest absolute Gasteiger partial charge is 0.244 e. The zero-order valence-corrected chi connectivity index (χ0v) is 20.2. The third-order valence-electron chi connectivity index (χ3n) is 7.22. The number of hydrogen-bond donors (Lipinski definition) is 3. The molecule has 37 heavy (non-hydrogen) atoms. The van der Waals surface area contributed by atoms with Gasteiger partial charge in [0.2, 0.25) is 11.8 Å². The molecule has 3 aromatic rings. The number of carbonyl (C=O) groups is 2. The van der Waals surface area contributed by atoms with Gasteiger partial charge in [0, 0.05) is 36.6 Å². The molecule has 2 amide bonds. The Kier molecular flexibility index (Phi) is 7.18. The first-order valence-corrected chi connectivity index (χ1v) is 12.4. The Morgan fingerprint density at radius 2 is 1.46 bits per heavy atom. The number of phenols is 2. The molecule has 1 saturated heterocycles. The lowest BCUT2D eigenvalue weighted by Crippen LogP contribution is -2.57. The third kappa shape index (κ3) is 5.06. The van der Waals surface area contributed by atoms with Gasteiger partial charge in [-0.2, -0.15) is 5.10 Å². The second kappa shape index (κ2) is 10.8. The number of benzene rings is 3. The van der Waals surface area contributed by atoms with Crippen LogP contribution in [0.3, 0.4) is 0 Å². The molecule has 0 radical (unpaired) electrons. The molecule has 1 aliphatic heterocycles. The highest BCUT2D eigenvalue weighted by Crippen LogP contribution is 2.58. The van der Waals surface area contributed by atoms with Crippen LogP contribution in [0.1, 0.15) is 28.5 Å². The van der Waals surface area contributed by atoms with E-state index in [1.54, 1.807) is 0 Å². The lowest BCUT2D eigenvalue weighted by Gasteiger charge is -2.52. The SMILES string of the molecule is O=C(N/N=C\c1ccc(O)cc1O)C1[C@@H](c2ccccc2)C(C(=O)N2CCOCC2)[C@H]1c1ccccc1. The molecule has 8 heteroatoms. The first-order valence-electron chi connectivity index (χ1n) is 12.4. The second-order valence-electron chi connectivity index (χ2n) is 9.34. The van der Waals surface area contributed by atoms with E-state index in [0.29, 0.717) is 31.9 Å². The summed E-state index contributed by atoms with van der Waals surface area (Å²) in [5.41, 5.74) is 4.84. The fourth-order valence-corrected chi connectivity index (χ4v) is 5.44. The number of amides is 2. The number of morpholine rings is 1. The zero-order valence-electron chi connectivity index (χ0n) is 20.2. The van der Waals surface area contributed by atoms with Gasteiger partial charge in [0.25, 0.3) is 0 Å². The predicted molar refractivity (Wildman–Crippen MR) is 138 cm³/mol. The van der Waals surface area contributed by atoms with Crippen molar-refractivity contribution in [3.05, 3.63) is 95.6 Å². The summed E-state index contributed by atoms with van der Waals surface area (Å²) in [6.45, 7) is 2.09. The molecule has 190 valence electrons. The highest BCUT2D eigenvalue weighted by Gasteiger charge is 2.58. The Morgan fingerprint density at radius 3 is 2.03 bits per heavy atom. The molecule has 8 nitrogen and oxygen atoms in total. The molecule has 0 bridgehead atoms. The summed E-state index contributed by atoms with van der Waals surface area (Å²) < 4.78 is 5.45. The maximum atomic E-state index is 13.8. The Bertz CT molecular complexity index is 1230. The van der Waals surface area contributed by atoms with Crippen molar-refractivity contribution in [3.8, 4) is 11.5 Å². The van der Waals surface area contributed by atoms with Crippen LogP contribution < -0.4 is 5.43 Å². The zero-order chi connectivity index (χ0) is 25.8. The van der Waals surface area contributed by atoms with Gasteiger partial charge in [-0.1, -0.05) is 60.7 Å². The Labute approximate surface area is 215 Å². The summed E-state index contributed by atoms with van der Waals surface area (Å²) in [6, 6.07) is 23.5. The Hall–Kier alpha value is -4.17. The van der Waals surface area contributed by atoms with Crippen molar-refractivity contribution in [1.82, 2.24) is 10.3 Å². The van der Waals surface area contributed by atoms with E-state index in [0.717, 1.165) is 11.1 Å². The first kappa shape index (κ1) is 24.5. The second-order valence-corrected chi connectivity index (χ2v) is 9.34. The van der Waals surface area contributed by atoms with E-state index in [1.807, 2.05) is 65.6 Å². The van der Waals surface area contributed by atoms with E-state index in [2.05, 4.69) is 10.5 Å². The number of ether oxygens (including phenoxy) is 1. The maximum absolute atomic E-state index is 13.8. The minimum atomic E-state index is -0.523. The van der Waals surface area contributed by atoms with Crippen LogP contribution >= 0.6 is 0 Å². The molecule has 2 aliphatic rings. The van der Waals surface area contributed by atoms with E-state index >= 15 is 0 Å². The highest BCUT2D eigenvalue weighted by atomic mass is 16.5. The van der Waals surface area contributed by atoms with Crippen LogP contribution in [0.2, 0.25) is 0 Å². The third-order valence-corrected chi connectivity index (χ3v) is 7.22. The molecular formula is C29H29N3O5. The summed E-state index contributed by atoms with van der Waals surface area (Å²) in [7, 11) is 0. The molecule has 2 unspecified atom stereocenters. The number of nitrogens with one attached hydrogen (secondary N) is 1. The van der Waals surface area contributed by atoms with Gasteiger partial charge in [-0.15, -0.1) is 0 Å². The molecule has 4 atom stereocenters. The summed E-state index contributed by atoms with van der Waals surface area (Å²) in [4.78, 5) is 29.3. The molecule has 1 aliphatic carbocycles. The minimum Gasteiger partial charge on any atom is -0.508 e. The number of phenolic OH excluding ortho intramolecular Hbond substituents is 2. The molecule has 0 spiro atoms. The molecule has 3 aromatic carbocycles. The molecule has 2 fully saturated rings. The largest absolute Gasteiger partial charge is 0.508 e. The normalized spacial score (nSPS) is 23.4. The van der Waals surface area contributed by atoms with Gasteiger partial charge in [-0.25, -0.2) is 5.43 Å². The fourth-order valence-electron chi connectivity index (χ4n) is 5.44. The topological polar surface area (TPSA) is 111 Å². The van der Waals surface area contributed by atoms with Crippen molar-refractivity contribution in [2.75, 3.05) is 26.3 Å². The Balaban J connectivity index is 1.46. The van der Waals surface area contributed by atoms with Crippen LogP contribution in [0.15, 0.2) is 84.0 Å². The summed E-state index contributed by atoms with van der Waals surface area (Å²) in [5.74, 6) is -2.05. The molecule has 0 aromatic heterocycles. The van der Waals surface area contributed by atoms with E-state index in [4.69, 9.17) is 4.74 Å². The van der Waals surface area contributed by atoms with Gasteiger partial charge in [0.15, 0.2) is 0 Å². The first-order chi connectivity index (χ1) is 18.0. The van der Waals surface area contributed by atoms with Crippen LogP contribution in [0.5, 0.6) is 11.5 Å². The highest BCUT2D eigenvalue weighted by molar-refractivity contribution is 5.91. The average molecular weight is 500 g/mol. The van der Waals surface area contributed by atoms with Gasteiger partial charge < -0.3 is 19.8 Å². The Morgan fingerprint density at radius 1 is 0.865 bits per heavy atom. The number of hydrogen-bond acceptors (Lipinski definition) is 6. The van der Waals surface area contributed by atoms with E-state index in [1.165, 1.54) is 24.4 Å². The number of rotatable bonds is 6. The van der Waals surface area contributed by atoms with Crippen LogP contribution in [0, 0.1) is 11.8 Å². The van der Waals surface area contributed by atoms with Gasteiger partial charge >= 0.3 is 0 Å². The van der Waals surface area contributed by atoms with E-state index in [9.17, 15) is 19.8 Å². The van der Waals surface area contributed by atoms with Crippen LogP contribution in [-0.4, -0.2) is 59.4 Å². The van der Waals surface area contributed by atoms with E-state index in [-0.39, 0.29) is 35.1 Å². The van der Waals surface area contributed by atoms with Crippen molar-refractivity contribution in [2.24, 2.45) is 16.9 Å². The predicted octanol–water partition coefficient (Wildman–Crippen LogP) is 3.22. The number of carbonyl (C=O) groups excluding carboxylic acids is 2. The monoisotopic (exact) mass is 499 g/mol. The standard InChI is InChI=1S/C29H29N3O5/c33-22-12-11-21(23(34)17-22)18-30-31-28(35)26-24(19-7-3-1-4-8-19)27(25(26)20-9-5-2-6-10-20)29(36)32-13-15-37-16-14-32/h1-12,17-18,24-27,33-34H,13-16H2,(H,31,35)/b30-18-/t24-,25+,26?,27?. The minimum absolute atomic E-state index is 0.0348. The molecule has 1 saturated carbocycles. The molecular weight excluding hydrogens is 470 g/mol. The molecule has 3 N–H and O–H groups in total. The molecule has 1 heterocycles. The fraction of sp³-hybridized carbons (Fsp3) is 0.276. The van der Waals surface area contributed by atoms with Gasteiger partial charge in [-0.05, 0) is 23.3 Å².